The Bertz CT molecular complexity index is 576. The number of hydrogen-bond acceptors (Lipinski definition) is 4. The van der Waals surface area contributed by atoms with Gasteiger partial charge in [-0.25, -0.2) is 4.98 Å². The van der Waals surface area contributed by atoms with Crippen molar-refractivity contribution < 1.29 is 4.74 Å². The van der Waals surface area contributed by atoms with Crippen molar-refractivity contribution in [3.05, 3.63) is 28.6 Å². The van der Waals surface area contributed by atoms with Crippen LogP contribution in [0.5, 0.6) is 5.75 Å². The average molecular weight is 276 g/mol. The Morgan fingerprint density at radius 2 is 2.05 bits per heavy atom. The van der Waals surface area contributed by atoms with Gasteiger partial charge in [0.25, 0.3) is 0 Å². The van der Waals surface area contributed by atoms with Gasteiger partial charge in [-0.2, -0.15) is 0 Å². The van der Waals surface area contributed by atoms with E-state index in [4.69, 9.17) is 4.74 Å². The molecule has 0 radical (unpaired) electrons. The lowest BCUT2D eigenvalue weighted by Gasteiger charge is -2.15. The molecule has 0 aliphatic carbocycles. The number of benzene rings is 1. The summed E-state index contributed by atoms with van der Waals surface area (Å²) in [6, 6.07) is 4.30. The van der Waals surface area contributed by atoms with E-state index in [-0.39, 0.29) is 0 Å². The van der Waals surface area contributed by atoms with Crippen LogP contribution >= 0.6 is 11.3 Å². The summed E-state index contributed by atoms with van der Waals surface area (Å²) >= 11 is 1.62. The minimum Gasteiger partial charge on any atom is -0.496 e. The molecule has 102 valence electrons. The predicted octanol–water partition coefficient (Wildman–Crippen LogP) is 4.29. The fourth-order valence-electron chi connectivity index (χ4n) is 2.11. The topological polar surface area (TPSA) is 34.2 Å². The van der Waals surface area contributed by atoms with Gasteiger partial charge in [-0.15, -0.1) is 11.3 Å². The van der Waals surface area contributed by atoms with Crippen molar-refractivity contribution in [2.24, 2.45) is 0 Å². The third-order valence-corrected chi connectivity index (χ3v) is 4.05. The summed E-state index contributed by atoms with van der Waals surface area (Å²) < 4.78 is 5.47. The molecule has 2 aromatic rings. The van der Waals surface area contributed by atoms with E-state index in [1.54, 1.807) is 18.4 Å². The average Bonchev–Trinajstić information content (AvgIpc) is 2.86. The monoisotopic (exact) mass is 276 g/mol. The molecule has 0 atom stereocenters. The molecule has 0 saturated carbocycles. The van der Waals surface area contributed by atoms with Crippen molar-refractivity contribution in [3.63, 3.8) is 0 Å². The van der Waals surface area contributed by atoms with Gasteiger partial charge in [-0.1, -0.05) is 13.8 Å². The third-order valence-electron chi connectivity index (χ3n) is 3.19. The Hall–Kier alpha value is -1.55. The Morgan fingerprint density at radius 3 is 2.58 bits per heavy atom. The molecule has 3 nitrogen and oxygen atoms in total. The van der Waals surface area contributed by atoms with Crippen LogP contribution in [0.4, 0.5) is 5.13 Å². The van der Waals surface area contributed by atoms with Gasteiger partial charge in [0.1, 0.15) is 5.75 Å². The molecule has 0 aliphatic heterocycles. The van der Waals surface area contributed by atoms with E-state index >= 15 is 0 Å². The standard InChI is InChI=1S/C15H20N2OS/c1-9(2)11-7-12(10(3)6-14(11)18-5)13-8-19-15(16-4)17-13/h6-9H,1-5H3,(H,16,17). The van der Waals surface area contributed by atoms with Gasteiger partial charge in [-0.3, -0.25) is 0 Å². The first-order valence-electron chi connectivity index (χ1n) is 6.39. The molecule has 1 aromatic carbocycles. The van der Waals surface area contributed by atoms with Crippen molar-refractivity contribution >= 4 is 16.5 Å². The van der Waals surface area contributed by atoms with Crippen molar-refractivity contribution in [1.29, 1.82) is 0 Å². The largest absolute Gasteiger partial charge is 0.496 e. The van der Waals surface area contributed by atoms with E-state index in [0.29, 0.717) is 5.92 Å². The summed E-state index contributed by atoms with van der Waals surface area (Å²) in [4.78, 5) is 4.58. The highest BCUT2D eigenvalue weighted by Gasteiger charge is 2.14. The van der Waals surface area contributed by atoms with Crippen molar-refractivity contribution in [3.8, 4) is 17.0 Å². The Labute approximate surface area is 118 Å². The van der Waals surface area contributed by atoms with Crippen LogP contribution in [0.3, 0.4) is 0 Å². The van der Waals surface area contributed by atoms with Gasteiger partial charge in [-0.05, 0) is 36.1 Å². The molecule has 1 aromatic heterocycles. The molecule has 1 N–H and O–H groups in total. The zero-order chi connectivity index (χ0) is 14.0. The predicted molar refractivity (Wildman–Crippen MR) is 82.5 cm³/mol. The lowest BCUT2D eigenvalue weighted by atomic mass is 9.95. The summed E-state index contributed by atoms with van der Waals surface area (Å²) in [7, 11) is 3.62. The summed E-state index contributed by atoms with van der Waals surface area (Å²) in [6.45, 7) is 6.45. The number of rotatable bonds is 4. The van der Waals surface area contributed by atoms with E-state index in [0.717, 1.165) is 16.6 Å². The maximum atomic E-state index is 5.47. The first-order valence-corrected chi connectivity index (χ1v) is 7.27. The van der Waals surface area contributed by atoms with Gasteiger partial charge in [0.15, 0.2) is 5.13 Å². The molecule has 0 fully saturated rings. The smallest absolute Gasteiger partial charge is 0.182 e. The SMILES string of the molecule is CNc1nc(-c2cc(C(C)C)c(OC)cc2C)cs1. The second kappa shape index (κ2) is 5.61. The van der Waals surface area contributed by atoms with E-state index in [1.165, 1.54) is 16.7 Å². The highest BCUT2D eigenvalue weighted by atomic mass is 32.1. The summed E-state index contributed by atoms with van der Waals surface area (Å²) in [5, 5.41) is 6.11. The molecule has 0 spiro atoms. The highest BCUT2D eigenvalue weighted by molar-refractivity contribution is 7.14. The van der Waals surface area contributed by atoms with Crippen molar-refractivity contribution in [2.45, 2.75) is 26.7 Å². The van der Waals surface area contributed by atoms with Gasteiger partial charge in [0, 0.05) is 18.0 Å². The van der Waals surface area contributed by atoms with Gasteiger partial charge in [0.05, 0.1) is 12.8 Å². The molecule has 0 saturated heterocycles. The fraction of sp³-hybridized carbons (Fsp3) is 0.400. The lowest BCUT2D eigenvalue weighted by Crippen LogP contribution is -1.97. The van der Waals surface area contributed by atoms with Crippen LogP contribution in [0.2, 0.25) is 0 Å². The molecule has 0 unspecified atom stereocenters. The summed E-state index contributed by atoms with van der Waals surface area (Å²) in [5.74, 6) is 1.39. The second-order valence-electron chi connectivity index (χ2n) is 4.85. The van der Waals surface area contributed by atoms with E-state index < -0.39 is 0 Å². The molecule has 0 amide bonds. The van der Waals surface area contributed by atoms with Gasteiger partial charge >= 0.3 is 0 Å². The minimum absolute atomic E-state index is 0.428. The molecular formula is C15H20N2OS. The van der Waals surface area contributed by atoms with Crippen LogP contribution in [-0.4, -0.2) is 19.1 Å². The number of nitrogens with one attached hydrogen (secondary N) is 1. The number of methoxy groups -OCH3 is 1. The van der Waals surface area contributed by atoms with Gasteiger partial charge < -0.3 is 10.1 Å². The maximum absolute atomic E-state index is 5.47. The van der Waals surface area contributed by atoms with Crippen LogP contribution in [0.1, 0.15) is 30.9 Å². The summed E-state index contributed by atoms with van der Waals surface area (Å²) in [5.41, 5.74) is 4.62. The molecule has 0 bridgehead atoms. The lowest BCUT2D eigenvalue weighted by molar-refractivity contribution is 0.407. The van der Waals surface area contributed by atoms with E-state index in [2.05, 4.69) is 48.6 Å². The van der Waals surface area contributed by atoms with E-state index in [1.807, 2.05) is 7.05 Å². The van der Waals surface area contributed by atoms with Crippen LogP contribution < -0.4 is 10.1 Å². The molecule has 4 heteroatoms. The molecule has 1 heterocycles. The quantitative estimate of drug-likeness (QED) is 0.904. The molecule has 2 rings (SSSR count). The molecular weight excluding hydrogens is 256 g/mol. The first kappa shape index (κ1) is 13.9. The molecule has 0 aliphatic rings. The number of hydrogen-bond donors (Lipinski definition) is 1. The fourth-order valence-corrected chi connectivity index (χ4v) is 2.79. The number of nitrogens with zero attached hydrogens (tertiary/aromatic N) is 1. The maximum Gasteiger partial charge on any atom is 0.182 e. The third kappa shape index (κ3) is 2.73. The van der Waals surface area contributed by atoms with Crippen LogP contribution in [0.15, 0.2) is 17.5 Å². The highest BCUT2D eigenvalue weighted by Crippen LogP contribution is 2.35. The van der Waals surface area contributed by atoms with Crippen molar-refractivity contribution in [1.82, 2.24) is 4.98 Å². The summed E-state index contributed by atoms with van der Waals surface area (Å²) in [6.07, 6.45) is 0. The van der Waals surface area contributed by atoms with Crippen LogP contribution in [0.25, 0.3) is 11.3 Å². The van der Waals surface area contributed by atoms with Crippen molar-refractivity contribution in [2.75, 3.05) is 19.5 Å². The van der Waals surface area contributed by atoms with Crippen LogP contribution in [-0.2, 0) is 0 Å². The first-order chi connectivity index (χ1) is 9.06. The number of ether oxygens (including phenoxy) is 1. The number of thiazole rings is 1. The number of anilines is 1. The Kier molecular flexibility index (Phi) is 4.10. The normalized spacial score (nSPS) is 10.8. The molecule has 19 heavy (non-hydrogen) atoms. The Morgan fingerprint density at radius 1 is 1.32 bits per heavy atom. The zero-order valence-electron chi connectivity index (χ0n) is 12.1. The van der Waals surface area contributed by atoms with E-state index in [9.17, 15) is 0 Å². The Balaban J connectivity index is 2.54. The minimum atomic E-state index is 0.428. The number of aromatic nitrogens is 1. The zero-order valence-corrected chi connectivity index (χ0v) is 12.9. The van der Waals surface area contributed by atoms with Gasteiger partial charge in [0.2, 0.25) is 0 Å². The number of aryl methyl sites for hydroxylation is 1. The second-order valence-corrected chi connectivity index (χ2v) is 5.71. The van der Waals surface area contributed by atoms with Crippen LogP contribution in [0, 0.1) is 6.92 Å².